The van der Waals surface area contributed by atoms with E-state index in [0.717, 1.165) is 11.4 Å². The summed E-state index contributed by atoms with van der Waals surface area (Å²) >= 11 is 1.44. The molecule has 3 nitrogen and oxygen atoms in total. The van der Waals surface area contributed by atoms with Crippen LogP contribution >= 0.6 is 11.3 Å². The van der Waals surface area contributed by atoms with E-state index in [2.05, 4.69) is 10.3 Å². The molecule has 0 saturated heterocycles. The first kappa shape index (κ1) is 8.20. The number of aromatic nitrogens is 1. The summed E-state index contributed by atoms with van der Waals surface area (Å²) in [6.07, 6.45) is 2.50. The predicted molar refractivity (Wildman–Crippen MR) is 47.0 cm³/mol. The fourth-order valence-corrected chi connectivity index (χ4v) is 1.51. The van der Waals surface area contributed by atoms with Crippen molar-refractivity contribution in [2.75, 3.05) is 7.05 Å². The number of carbonyl (C=O) groups is 1. The number of hydrogen-bond acceptors (Lipinski definition) is 3. The smallest absolute Gasteiger partial charge is 0.262 e. The predicted octanol–water partition coefficient (Wildman–Crippen LogP) is 1.31. The lowest BCUT2D eigenvalue weighted by Crippen LogP contribution is -2.16. The van der Waals surface area contributed by atoms with Crippen LogP contribution in [0.2, 0.25) is 0 Å². The van der Waals surface area contributed by atoms with E-state index in [1.807, 2.05) is 6.92 Å². The Balaban J connectivity index is 0.00000121. The van der Waals surface area contributed by atoms with Crippen LogP contribution in [0.15, 0.2) is 6.20 Å². The van der Waals surface area contributed by atoms with Crippen LogP contribution in [0.25, 0.3) is 0 Å². The van der Waals surface area contributed by atoms with E-state index in [4.69, 9.17) is 0 Å². The number of carbonyl (C=O) groups excluding carboxylic acids is 1. The van der Waals surface area contributed by atoms with Crippen molar-refractivity contribution in [2.24, 2.45) is 0 Å². The van der Waals surface area contributed by atoms with E-state index in [0.29, 0.717) is 4.88 Å². The van der Waals surface area contributed by atoms with E-state index in [1.165, 1.54) is 11.3 Å². The highest BCUT2D eigenvalue weighted by atomic mass is 32.1. The number of hydrogen-bond donors (Lipinski definition) is 1. The maximum Gasteiger partial charge on any atom is 0.262 e. The minimum absolute atomic E-state index is 0. The average Bonchev–Trinajstić information content (AvgIpc) is 2.50. The number of thiazole rings is 1. The molecular weight excluding hydrogens is 160 g/mol. The molecule has 1 aromatic rings. The summed E-state index contributed by atoms with van der Waals surface area (Å²) in [6, 6.07) is 0. The van der Waals surface area contributed by atoms with Crippen molar-refractivity contribution in [1.82, 2.24) is 10.3 Å². The lowest BCUT2D eigenvalue weighted by molar-refractivity contribution is 0.0967. The Morgan fingerprint density at radius 3 is 3.09 bits per heavy atom. The van der Waals surface area contributed by atoms with Crippen LogP contribution in [-0.4, -0.2) is 17.9 Å². The maximum absolute atomic E-state index is 11.0. The molecule has 0 unspecified atom stereocenters. The Kier molecular flexibility index (Phi) is 2.59. The normalized spacial score (nSPS) is 9.64. The summed E-state index contributed by atoms with van der Waals surface area (Å²) < 4.78 is 0. The van der Waals surface area contributed by atoms with Crippen LogP contribution in [0, 0.1) is 0 Å². The molecule has 1 rings (SSSR count). The van der Waals surface area contributed by atoms with E-state index in [-0.39, 0.29) is 7.33 Å². The zero-order valence-corrected chi connectivity index (χ0v) is 7.36. The third-order valence-electron chi connectivity index (χ3n) is 1.31. The fourth-order valence-electron chi connectivity index (χ4n) is 0.702. The fraction of sp³-hybridized carbons (Fsp3) is 0.429. The highest BCUT2D eigenvalue weighted by Crippen LogP contribution is 2.12. The van der Waals surface area contributed by atoms with Gasteiger partial charge in [-0.1, -0.05) is 6.92 Å². The molecule has 62 valence electrons. The molecule has 0 spiro atoms. The van der Waals surface area contributed by atoms with E-state index in [1.54, 1.807) is 13.2 Å². The molecule has 1 amide bonds. The lowest BCUT2D eigenvalue weighted by Gasteiger charge is -1.90. The van der Waals surface area contributed by atoms with Gasteiger partial charge in [0, 0.05) is 8.47 Å². The van der Waals surface area contributed by atoms with Crippen LogP contribution < -0.4 is 5.32 Å². The van der Waals surface area contributed by atoms with Gasteiger partial charge in [-0.25, -0.2) is 4.98 Å². The van der Waals surface area contributed by atoms with Gasteiger partial charge in [-0.05, 0) is 6.42 Å². The zero-order valence-electron chi connectivity index (χ0n) is 6.55. The van der Waals surface area contributed by atoms with Gasteiger partial charge >= 0.3 is 0 Å². The molecule has 0 aliphatic rings. The molecule has 0 aromatic carbocycles. The Bertz CT molecular complexity index is 262. The van der Waals surface area contributed by atoms with Gasteiger partial charge in [0.2, 0.25) is 0 Å². The number of nitrogens with one attached hydrogen (secondary N) is 1. The highest BCUT2D eigenvalue weighted by Gasteiger charge is 2.06. The Morgan fingerprint density at radius 2 is 2.64 bits per heavy atom. The molecule has 0 fully saturated rings. The molecule has 1 N–H and O–H groups in total. The maximum atomic E-state index is 11.0. The summed E-state index contributed by atoms with van der Waals surface area (Å²) in [4.78, 5) is 15.7. The van der Waals surface area contributed by atoms with Gasteiger partial charge < -0.3 is 5.32 Å². The zero-order chi connectivity index (χ0) is 8.27. The highest BCUT2D eigenvalue weighted by molar-refractivity contribution is 7.13. The second kappa shape index (κ2) is 3.48. The topological polar surface area (TPSA) is 42.0 Å². The lowest BCUT2D eigenvalue weighted by atomic mass is 10.5. The molecule has 0 saturated carbocycles. The van der Waals surface area contributed by atoms with Gasteiger partial charge in [-0.3, -0.25) is 4.79 Å². The molecular formula is C7H12N2OS. The van der Waals surface area contributed by atoms with Crippen molar-refractivity contribution in [1.29, 1.82) is 0 Å². The van der Waals surface area contributed by atoms with Gasteiger partial charge in [0.1, 0.15) is 4.88 Å². The van der Waals surface area contributed by atoms with Crippen molar-refractivity contribution in [3.8, 4) is 0 Å². The van der Waals surface area contributed by atoms with Crippen molar-refractivity contribution < 1.29 is 6.22 Å². The van der Waals surface area contributed by atoms with Gasteiger partial charge in [-0.2, -0.15) is 0 Å². The summed E-state index contributed by atoms with van der Waals surface area (Å²) in [6.45, 7) is 2.02. The van der Waals surface area contributed by atoms with Crippen LogP contribution in [0.1, 0.15) is 23.0 Å². The van der Waals surface area contributed by atoms with Crippen molar-refractivity contribution in [3.63, 3.8) is 0 Å². The number of aryl methyl sites for hydroxylation is 1. The minimum Gasteiger partial charge on any atom is -0.354 e. The third kappa shape index (κ3) is 1.77. The minimum atomic E-state index is -0.0535. The van der Waals surface area contributed by atoms with Crippen LogP contribution in [0.5, 0.6) is 0 Å². The van der Waals surface area contributed by atoms with Crippen molar-refractivity contribution >= 4 is 17.2 Å². The first-order chi connectivity index (χ1) is 5.27. The second-order valence-corrected chi connectivity index (χ2v) is 3.17. The van der Waals surface area contributed by atoms with Crippen LogP contribution in [0.3, 0.4) is 0 Å². The van der Waals surface area contributed by atoms with Crippen LogP contribution in [0.4, 0.5) is 0 Å². The number of nitrogens with zero attached hydrogens (tertiary/aromatic N) is 1. The summed E-state index contributed by atoms with van der Waals surface area (Å²) in [5.41, 5.74) is 0. The monoisotopic (exact) mass is 172 g/mol. The van der Waals surface area contributed by atoms with Crippen molar-refractivity contribution in [3.05, 3.63) is 16.1 Å². The molecule has 1 aromatic heterocycles. The molecule has 0 radical (unpaired) electrons. The first-order valence-electron chi connectivity index (χ1n) is 3.44. The second-order valence-electron chi connectivity index (χ2n) is 2.05. The molecule has 0 bridgehead atoms. The molecule has 0 aliphatic carbocycles. The van der Waals surface area contributed by atoms with Gasteiger partial charge in [0.25, 0.3) is 5.91 Å². The van der Waals surface area contributed by atoms with E-state index < -0.39 is 0 Å². The molecule has 4 heteroatoms. The Labute approximate surface area is 70.9 Å². The summed E-state index contributed by atoms with van der Waals surface area (Å²) in [7, 11) is 1.62. The van der Waals surface area contributed by atoms with Gasteiger partial charge in [0.05, 0.1) is 11.2 Å². The quantitative estimate of drug-likeness (QED) is 0.730. The Morgan fingerprint density at radius 1 is 1.91 bits per heavy atom. The Hall–Kier alpha value is -0.900. The molecule has 11 heavy (non-hydrogen) atoms. The van der Waals surface area contributed by atoms with Crippen LogP contribution in [-0.2, 0) is 6.42 Å². The standard InChI is InChI=1S/C7H10N2OS.H2/c1-3-6-9-4-5(11-6)7(10)8-2;/h4H,3H2,1-2H3,(H,8,10);1H. The summed E-state index contributed by atoms with van der Waals surface area (Å²) in [5.74, 6) is -0.0535. The van der Waals surface area contributed by atoms with E-state index in [9.17, 15) is 4.79 Å². The largest absolute Gasteiger partial charge is 0.354 e. The number of amides is 1. The first-order valence-corrected chi connectivity index (χ1v) is 4.26. The van der Waals surface area contributed by atoms with Crippen molar-refractivity contribution in [2.45, 2.75) is 13.3 Å². The molecule has 1 heterocycles. The van der Waals surface area contributed by atoms with Gasteiger partial charge in [0.15, 0.2) is 0 Å². The summed E-state index contributed by atoms with van der Waals surface area (Å²) in [5, 5.41) is 3.55. The third-order valence-corrected chi connectivity index (χ3v) is 2.45. The number of rotatable bonds is 2. The molecule has 0 atom stereocenters. The SMILES string of the molecule is CCc1ncc(C(=O)NC)s1.[HH]. The molecule has 0 aliphatic heterocycles. The van der Waals surface area contributed by atoms with Gasteiger partial charge in [-0.15, -0.1) is 11.3 Å². The average molecular weight is 172 g/mol. The van der Waals surface area contributed by atoms with E-state index >= 15 is 0 Å².